The highest BCUT2D eigenvalue weighted by molar-refractivity contribution is 5.87. The maximum Gasteiger partial charge on any atom is 0.471 e. The van der Waals surface area contributed by atoms with E-state index in [0.29, 0.717) is 4.90 Å². The first-order chi connectivity index (χ1) is 7.77. The Bertz CT molecular complexity index is 351. The van der Waals surface area contributed by atoms with E-state index in [9.17, 15) is 22.8 Å². The van der Waals surface area contributed by atoms with E-state index in [1.807, 2.05) is 0 Å². The van der Waals surface area contributed by atoms with Crippen LogP contribution < -0.4 is 0 Å². The van der Waals surface area contributed by atoms with E-state index < -0.39 is 24.1 Å². The number of carbonyl (C=O) groups is 2. The average Bonchev–Trinajstić information content (AvgIpc) is 2.59. The Morgan fingerprint density at radius 3 is 2.41 bits per heavy atom. The molecule has 0 aliphatic carbocycles. The number of rotatable bonds is 2. The van der Waals surface area contributed by atoms with Gasteiger partial charge in [-0.15, -0.1) is 0 Å². The standard InChI is InChI=1S/C10H12F3NO3/c1-2-3-6-4-7(8(15)16)14(5-6)9(17)10(11,12)13/h2-3,6-7H,4-5H2,1H3,(H,15,16)/t6?,7-/m0/s1. The van der Waals surface area contributed by atoms with Crippen LogP contribution in [-0.2, 0) is 9.59 Å². The van der Waals surface area contributed by atoms with Crippen molar-refractivity contribution in [2.75, 3.05) is 6.54 Å². The van der Waals surface area contributed by atoms with Crippen molar-refractivity contribution in [3.05, 3.63) is 12.2 Å². The van der Waals surface area contributed by atoms with E-state index in [1.54, 1.807) is 19.1 Å². The van der Waals surface area contributed by atoms with Crippen LogP contribution in [-0.4, -0.2) is 40.6 Å². The molecule has 1 saturated heterocycles. The van der Waals surface area contributed by atoms with Crippen molar-refractivity contribution in [1.29, 1.82) is 0 Å². The minimum atomic E-state index is -5.03. The predicted octanol–water partition coefficient (Wildman–Crippen LogP) is 1.43. The molecule has 1 N–H and O–H groups in total. The number of carbonyl (C=O) groups excluding carboxylic acids is 1. The smallest absolute Gasteiger partial charge is 0.471 e. The van der Waals surface area contributed by atoms with Crippen molar-refractivity contribution in [3.8, 4) is 0 Å². The van der Waals surface area contributed by atoms with Crippen molar-refractivity contribution >= 4 is 11.9 Å². The molecule has 0 radical (unpaired) electrons. The molecule has 1 heterocycles. The Morgan fingerprint density at radius 2 is 2.00 bits per heavy atom. The van der Waals surface area contributed by atoms with E-state index in [2.05, 4.69) is 0 Å². The molecule has 7 heteroatoms. The molecule has 1 aliphatic heterocycles. The molecule has 0 aromatic rings. The van der Waals surface area contributed by atoms with Crippen molar-refractivity contribution in [1.82, 2.24) is 4.90 Å². The van der Waals surface area contributed by atoms with Gasteiger partial charge >= 0.3 is 18.1 Å². The molecule has 0 aromatic heterocycles. The summed E-state index contributed by atoms with van der Waals surface area (Å²) >= 11 is 0. The normalized spacial score (nSPS) is 25.5. The maximum atomic E-state index is 12.2. The molecule has 1 unspecified atom stereocenters. The Morgan fingerprint density at radius 1 is 1.41 bits per heavy atom. The van der Waals surface area contributed by atoms with Crippen LogP contribution in [0.3, 0.4) is 0 Å². The summed E-state index contributed by atoms with van der Waals surface area (Å²) in [5.41, 5.74) is 0. The number of hydrogen-bond acceptors (Lipinski definition) is 2. The van der Waals surface area contributed by atoms with Crippen molar-refractivity contribution in [3.63, 3.8) is 0 Å². The van der Waals surface area contributed by atoms with E-state index in [4.69, 9.17) is 5.11 Å². The van der Waals surface area contributed by atoms with Gasteiger partial charge in [-0.1, -0.05) is 12.2 Å². The number of likely N-dealkylation sites (tertiary alicyclic amines) is 1. The van der Waals surface area contributed by atoms with E-state index in [-0.39, 0.29) is 18.9 Å². The van der Waals surface area contributed by atoms with Gasteiger partial charge < -0.3 is 10.0 Å². The third kappa shape index (κ3) is 2.98. The van der Waals surface area contributed by atoms with Crippen LogP contribution in [0.25, 0.3) is 0 Å². The number of amides is 1. The van der Waals surface area contributed by atoms with Crippen LogP contribution in [0.15, 0.2) is 12.2 Å². The largest absolute Gasteiger partial charge is 0.480 e. The highest BCUT2D eigenvalue weighted by Gasteiger charge is 2.49. The molecule has 1 amide bonds. The lowest BCUT2D eigenvalue weighted by Crippen LogP contribution is -2.46. The summed E-state index contributed by atoms with van der Waals surface area (Å²) in [5, 5.41) is 8.80. The summed E-state index contributed by atoms with van der Waals surface area (Å²) in [7, 11) is 0. The van der Waals surface area contributed by atoms with Crippen LogP contribution in [0.5, 0.6) is 0 Å². The van der Waals surface area contributed by atoms with Crippen LogP contribution >= 0.6 is 0 Å². The number of hydrogen-bond donors (Lipinski definition) is 1. The van der Waals surface area contributed by atoms with Crippen molar-refractivity contribution < 1.29 is 27.9 Å². The molecule has 0 bridgehead atoms. The summed E-state index contributed by atoms with van der Waals surface area (Å²) in [5.74, 6) is -3.83. The van der Waals surface area contributed by atoms with E-state index in [1.165, 1.54) is 0 Å². The minimum Gasteiger partial charge on any atom is -0.480 e. The van der Waals surface area contributed by atoms with Crippen molar-refractivity contribution in [2.45, 2.75) is 25.6 Å². The van der Waals surface area contributed by atoms with Crippen LogP contribution in [0.4, 0.5) is 13.2 Å². The molecule has 0 aromatic carbocycles. The second-order valence-electron chi connectivity index (χ2n) is 3.83. The molecule has 17 heavy (non-hydrogen) atoms. The maximum absolute atomic E-state index is 12.2. The molecular formula is C10H12F3NO3. The zero-order valence-corrected chi connectivity index (χ0v) is 9.07. The molecule has 2 atom stereocenters. The highest BCUT2D eigenvalue weighted by Crippen LogP contribution is 2.29. The van der Waals surface area contributed by atoms with Crippen LogP contribution in [0.2, 0.25) is 0 Å². The molecule has 1 rings (SSSR count). The molecule has 96 valence electrons. The second kappa shape index (κ2) is 4.77. The van der Waals surface area contributed by atoms with Gasteiger partial charge in [-0.05, 0) is 19.3 Å². The molecule has 4 nitrogen and oxygen atoms in total. The summed E-state index contributed by atoms with van der Waals surface area (Å²) in [6, 6.07) is -1.40. The lowest BCUT2D eigenvalue weighted by atomic mass is 10.1. The Hall–Kier alpha value is -1.53. The first-order valence-corrected chi connectivity index (χ1v) is 5.00. The Labute approximate surface area is 95.7 Å². The second-order valence-corrected chi connectivity index (χ2v) is 3.83. The SMILES string of the molecule is CC=CC1C[C@@H](C(=O)O)N(C(=O)C(F)(F)F)C1. The zero-order chi connectivity index (χ0) is 13.2. The van der Waals surface area contributed by atoms with E-state index in [0.717, 1.165) is 0 Å². The first kappa shape index (κ1) is 13.5. The number of allylic oxidation sites excluding steroid dienone is 1. The van der Waals surface area contributed by atoms with Gasteiger partial charge in [-0.2, -0.15) is 13.2 Å². The van der Waals surface area contributed by atoms with Gasteiger partial charge in [-0.3, -0.25) is 4.79 Å². The quantitative estimate of drug-likeness (QED) is 0.755. The fourth-order valence-electron chi connectivity index (χ4n) is 1.90. The number of nitrogens with zero attached hydrogens (tertiary/aromatic N) is 1. The Kier molecular flexibility index (Phi) is 3.79. The number of halogens is 3. The first-order valence-electron chi connectivity index (χ1n) is 5.00. The highest BCUT2D eigenvalue weighted by atomic mass is 19.4. The summed E-state index contributed by atoms with van der Waals surface area (Å²) in [6.07, 6.45) is -1.77. The molecule has 1 fully saturated rings. The number of aliphatic carboxylic acids is 1. The fourth-order valence-corrected chi connectivity index (χ4v) is 1.90. The Balaban J connectivity index is 2.89. The van der Waals surface area contributed by atoms with Gasteiger partial charge in [0.15, 0.2) is 0 Å². The fraction of sp³-hybridized carbons (Fsp3) is 0.600. The average molecular weight is 251 g/mol. The van der Waals surface area contributed by atoms with Gasteiger partial charge in [0.05, 0.1) is 0 Å². The van der Waals surface area contributed by atoms with Crippen molar-refractivity contribution in [2.24, 2.45) is 5.92 Å². The van der Waals surface area contributed by atoms with Gasteiger partial charge in [0.25, 0.3) is 0 Å². The monoisotopic (exact) mass is 251 g/mol. The molecule has 0 spiro atoms. The zero-order valence-electron chi connectivity index (χ0n) is 9.07. The van der Waals surface area contributed by atoms with Gasteiger partial charge in [-0.25, -0.2) is 4.79 Å². The summed E-state index contributed by atoms with van der Waals surface area (Å²) < 4.78 is 36.7. The van der Waals surface area contributed by atoms with Gasteiger partial charge in [0, 0.05) is 6.54 Å². The molecule has 1 aliphatic rings. The van der Waals surface area contributed by atoms with Crippen LogP contribution in [0, 0.1) is 5.92 Å². The lowest BCUT2D eigenvalue weighted by molar-refractivity contribution is -0.188. The topological polar surface area (TPSA) is 57.6 Å². The predicted molar refractivity (Wildman–Crippen MR) is 52.1 cm³/mol. The number of carboxylic acids is 1. The summed E-state index contributed by atoms with van der Waals surface area (Å²) in [6.45, 7) is 1.48. The molecule has 0 saturated carbocycles. The minimum absolute atomic E-state index is 0.0154. The van der Waals surface area contributed by atoms with E-state index >= 15 is 0 Å². The third-order valence-corrected chi connectivity index (χ3v) is 2.59. The third-order valence-electron chi connectivity index (χ3n) is 2.59. The lowest BCUT2D eigenvalue weighted by Gasteiger charge is -2.22. The van der Waals surface area contributed by atoms with Gasteiger partial charge in [0.1, 0.15) is 6.04 Å². The summed E-state index contributed by atoms with van der Waals surface area (Å²) in [4.78, 5) is 22.2. The van der Waals surface area contributed by atoms with Crippen LogP contribution in [0.1, 0.15) is 13.3 Å². The molecular weight excluding hydrogens is 239 g/mol. The van der Waals surface area contributed by atoms with Gasteiger partial charge in [0.2, 0.25) is 0 Å². The number of alkyl halides is 3. The number of carboxylic acid groups (broad SMARTS) is 1.